The molecule has 91 heavy (non-hydrogen) atoms. The summed E-state index contributed by atoms with van der Waals surface area (Å²) in [6, 6.07) is -0.717. The highest BCUT2D eigenvalue weighted by Gasteiger charge is 2.44. The van der Waals surface area contributed by atoms with E-state index in [4.69, 9.17) is 9.47 Å². The molecule has 1 heterocycles. The van der Waals surface area contributed by atoms with Crippen molar-refractivity contribution in [1.29, 1.82) is 0 Å². The maximum Gasteiger partial charge on any atom is 0.220 e. The van der Waals surface area contributed by atoms with Crippen LogP contribution >= 0.6 is 0 Å². The average Bonchev–Trinajstić information content (AvgIpc) is 1.58. The Kier molecular flexibility index (Phi) is 69.3. The number of carbonyl (C=O) groups excluding carboxylic acids is 1. The number of aliphatic hydroxyl groups excluding tert-OH is 5. The summed E-state index contributed by atoms with van der Waals surface area (Å²) in [5.74, 6) is -0.132. The lowest BCUT2D eigenvalue weighted by Crippen LogP contribution is -2.60. The summed E-state index contributed by atoms with van der Waals surface area (Å²) in [5, 5.41) is 55.1. The summed E-state index contributed by atoms with van der Waals surface area (Å²) in [6.45, 7) is 3.91. The predicted molar refractivity (Wildman–Crippen MR) is 392 cm³/mol. The van der Waals surface area contributed by atoms with Gasteiger partial charge in [0.15, 0.2) is 6.29 Å². The van der Waals surface area contributed by atoms with Crippen LogP contribution in [0.3, 0.4) is 0 Å². The van der Waals surface area contributed by atoms with E-state index in [-0.39, 0.29) is 12.5 Å². The summed E-state index contributed by atoms with van der Waals surface area (Å²) in [5.41, 5.74) is 0. The van der Waals surface area contributed by atoms with Crippen molar-refractivity contribution >= 4 is 5.91 Å². The first kappa shape index (κ1) is 87.9. The molecule has 0 radical (unpaired) electrons. The highest BCUT2D eigenvalue weighted by Crippen LogP contribution is 2.25. The molecule has 1 aliphatic rings. The molecule has 0 bridgehead atoms. The number of unbranched alkanes of at least 4 members (excludes halogenated alkanes) is 63. The summed E-state index contributed by atoms with van der Waals surface area (Å²) in [7, 11) is 0. The van der Waals surface area contributed by atoms with Crippen molar-refractivity contribution in [2.45, 2.75) is 493 Å². The first-order valence-electron chi connectivity index (χ1n) is 41.4. The van der Waals surface area contributed by atoms with E-state index >= 15 is 0 Å². The zero-order valence-electron chi connectivity index (χ0n) is 61.2. The molecule has 1 rings (SSSR count). The number of hydrogen-bond donors (Lipinski definition) is 6. The number of nitrogens with one attached hydrogen (secondary N) is 1. The summed E-state index contributed by atoms with van der Waals surface area (Å²) < 4.78 is 11.4. The molecule has 0 aliphatic carbocycles. The molecular weight excluding hydrogens is 1130 g/mol. The topological polar surface area (TPSA) is 149 Å². The fourth-order valence-corrected chi connectivity index (χ4v) is 13.9. The Morgan fingerprint density at radius 3 is 0.890 bits per heavy atom. The number of allylic oxidation sites excluding steroid dienone is 2. The molecule has 7 atom stereocenters. The Morgan fingerprint density at radius 2 is 0.615 bits per heavy atom. The van der Waals surface area contributed by atoms with Crippen molar-refractivity contribution in [2.24, 2.45) is 0 Å². The van der Waals surface area contributed by atoms with Gasteiger partial charge in [-0.1, -0.05) is 418 Å². The van der Waals surface area contributed by atoms with Gasteiger partial charge in [0, 0.05) is 6.42 Å². The lowest BCUT2D eigenvalue weighted by molar-refractivity contribution is -0.302. The van der Waals surface area contributed by atoms with Gasteiger partial charge >= 0.3 is 0 Å². The molecule has 1 aliphatic heterocycles. The molecule has 9 nitrogen and oxygen atoms in total. The van der Waals surface area contributed by atoms with Crippen LogP contribution in [0.4, 0.5) is 0 Å². The van der Waals surface area contributed by atoms with E-state index in [2.05, 4.69) is 31.3 Å². The van der Waals surface area contributed by atoms with Crippen LogP contribution in [0.1, 0.15) is 450 Å². The molecule has 6 N–H and O–H groups in total. The van der Waals surface area contributed by atoms with Gasteiger partial charge in [0.2, 0.25) is 5.91 Å². The van der Waals surface area contributed by atoms with Crippen LogP contribution in [0.15, 0.2) is 12.2 Å². The first-order valence-corrected chi connectivity index (χ1v) is 41.4. The van der Waals surface area contributed by atoms with Crippen LogP contribution < -0.4 is 5.32 Å². The highest BCUT2D eigenvalue weighted by molar-refractivity contribution is 5.76. The van der Waals surface area contributed by atoms with Crippen molar-refractivity contribution in [1.82, 2.24) is 5.32 Å². The molecule has 1 amide bonds. The van der Waals surface area contributed by atoms with Gasteiger partial charge in [0.1, 0.15) is 24.4 Å². The lowest BCUT2D eigenvalue weighted by Gasteiger charge is -2.40. The third-order valence-electron chi connectivity index (χ3n) is 20.4. The zero-order valence-corrected chi connectivity index (χ0v) is 61.2. The van der Waals surface area contributed by atoms with E-state index in [0.717, 1.165) is 38.5 Å². The maximum atomic E-state index is 13.2. The van der Waals surface area contributed by atoms with Crippen molar-refractivity contribution in [3.63, 3.8) is 0 Å². The van der Waals surface area contributed by atoms with Gasteiger partial charge in [-0.15, -0.1) is 0 Å². The van der Waals surface area contributed by atoms with Gasteiger partial charge in [0.05, 0.1) is 25.4 Å². The fourth-order valence-electron chi connectivity index (χ4n) is 13.9. The number of amides is 1. The molecule has 1 saturated heterocycles. The van der Waals surface area contributed by atoms with Crippen LogP contribution in [0.2, 0.25) is 0 Å². The molecule has 0 aromatic heterocycles. The summed E-state index contributed by atoms with van der Waals surface area (Å²) >= 11 is 0. The standard InChI is InChI=1S/C82H161NO8/c1-3-5-7-9-11-13-15-17-19-21-23-25-27-29-31-32-33-34-35-36-37-38-39-40-41-42-43-44-46-48-50-52-54-56-58-60-62-64-66-68-70-72-78(86)83-75(74-90-82-81(89)80(88)79(87)77(73-84)91-82)76(85)71-69-67-65-63-61-59-57-55-53-51-49-47-45-30-28-26-24-22-20-18-16-14-12-10-8-6-4-2/h21,23,75-77,79-82,84-85,87-89H,3-20,22,24-74H2,1-2H3,(H,83,86)/b23-21-. The van der Waals surface area contributed by atoms with Gasteiger partial charge in [-0.3, -0.25) is 4.79 Å². The van der Waals surface area contributed by atoms with Gasteiger partial charge in [-0.25, -0.2) is 0 Å². The predicted octanol–water partition coefficient (Wildman–Crippen LogP) is 23.8. The SMILES string of the molecule is CCCCCCCCCC/C=C\CCCCCCCCCCCCCCCCCCCCCCCCCCCCCCCC(=O)NC(COC1OC(CO)C(O)C(O)C1O)C(O)CCCCCCCCCCCCCCCCCCCCCCCCCCCCC. The molecule has 1 fully saturated rings. The third-order valence-corrected chi connectivity index (χ3v) is 20.4. The van der Waals surface area contributed by atoms with E-state index < -0.39 is 49.5 Å². The Bertz CT molecular complexity index is 1450. The van der Waals surface area contributed by atoms with Crippen LogP contribution in [-0.2, 0) is 14.3 Å². The number of rotatable bonds is 75. The van der Waals surface area contributed by atoms with Crippen LogP contribution in [-0.4, -0.2) is 87.5 Å². The van der Waals surface area contributed by atoms with Gasteiger partial charge < -0.3 is 40.3 Å². The van der Waals surface area contributed by atoms with Crippen molar-refractivity contribution in [3.05, 3.63) is 12.2 Å². The van der Waals surface area contributed by atoms with E-state index in [0.29, 0.717) is 12.8 Å². The van der Waals surface area contributed by atoms with Gasteiger partial charge in [0.25, 0.3) is 0 Å². The number of carbonyl (C=O) groups is 1. The minimum absolute atomic E-state index is 0.131. The van der Waals surface area contributed by atoms with Crippen molar-refractivity contribution in [3.8, 4) is 0 Å². The van der Waals surface area contributed by atoms with Crippen LogP contribution in [0.5, 0.6) is 0 Å². The molecule has 9 heteroatoms. The number of aliphatic hydroxyl groups is 5. The highest BCUT2D eigenvalue weighted by atomic mass is 16.7. The summed E-state index contributed by atoms with van der Waals surface area (Å²) in [4.78, 5) is 13.2. The minimum atomic E-state index is -1.55. The second kappa shape index (κ2) is 71.7. The zero-order chi connectivity index (χ0) is 65.7. The van der Waals surface area contributed by atoms with Crippen LogP contribution in [0.25, 0.3) is 0 Å². The molecule has 0 spiro atoms. The minimum Gasteiger partial charge on any atom is -0.394 e. The van der Waals surface area contributed by atoms with E-state index in [1.807, 2.05) is 0 Å². The number of ether oxygens (including phenoxy) is 2. The molecule has 0 aromatic carbocycles. The van der Waals surface area contributed by atoms with Crippen LogP contribution in [0, 0.1) is 0 Å². The normalized spacial score (nSPS) is 17.6. The maximum absolute atomic E-state index is 13.2. The van der Waals surface area contributed by atoms with Crippen molar-refractivity contribution < 1.29 is 39.8 Å². The van der Waals surface area contributed by atoms with E-state index in [1.165, 1.54) is 385 Å². The molecule has 0 aromatic rings. The van der Waals surface area contributed by atoms with Crippen molar-refractivity contribution in [2.75, 3.05) is 13.2 Å². The molecular formula is C82H161NO8. The number of hydrogen-bond acceptors (Lipinski definition) is 8. The Hall–Kier alpha value is -1.07. The smallest absolute Gasteiger partial charge is 0.220 e. The van der Waals surface area contributed by atoms with Gasteiger partial charge in [-0.05, 0) is 38.5 Å². The third kappa shape index (κ3) is 59.9. The quantitative estimate of drug-likeness (QED) is 0.0261. The Morgan fingerprint density at radius 1 is 0.363 bits per heavy atom. The molecule has 542 valence electrons. The second-order valence-electron chi connectivity index (χ2n) is 29.3. The van der Waals surface area contributed by atoms with E-state index in [1.54, 1.807) is 0 Å². The van der Waals surface area contributed by atoms with E-state index in [9.17, 15) is 30.3 Å². The second-order valence-corrected chi connectivity index (χ2v) is 29.3. The fraction of sp³-hybridized carbons (Fsp3) is 0.963. The summed E-state index contributed by atoms with van der Waals surface area (Å²) in [6.07, 6.45) is 87.7. The molecule has 7 unspecified atom stereocenters. The first-order chi connectivity index (χ1) is 44.8. The average molecular weight is 1290 g/mol. The molecule has 0 saturated carbocycles. The monoisotopic (exact) mass is 1290 g/mol. The largest absolute Gasteiger partial charge is 0.394 e. The Labute approximate surface area is 567 Å². The Balaban J connectivity index is 2.01. The van der Waals surface area contributed by atoms with Gasteiger partial charge in [-0.2, -0.15) is 0 Å². The lowest BCUT2D eigenvalue weighted by atomic mass is 9.99.